The summed E-state index contributed by atoms with van der Waals surface area (Å²) in [6.45, 7) is 4.74. The Kier molecular flexibility index (Phi) is 5.52. The highest BCUT2D eigenvalue weighted by atomic mass is 19.4. The summed E-state index contributed by atoms with van der Waals surface area (Å²) in [6.07, 6.45) is -4.36. The third-order valence-electron chi connectivity index (χ3n) is 4.07. The van der Waals surface area contributed by atoms with Crippen molar-refractivity contribution in [2.45, 2.75) is 32.0 Å². The van der Waals surface area contributed by atoms with E-state index < -0.39 is 23.1 Å². The summed E-state index contributed by atoms with van der Waals surface area (Å²) in [5.41, 5.74) is 0.596. The summed E-state index contributed by atoms with van der Waals surface area (Å²) in [5, 5.41) is 12.1. The molecule has 0 spiro atoms. The number of benzene rings is 2. The van der Waals surface area contributed by atoms with Gasteiger partial charge in [0.1, 0.15) is 0 Å². The second kappa shape index (κ2) is 7.27. The SMILES string of the molecule is CC(C)(CNCc1ccc(C(=O)O)cc1)c1cccc(C(F)(F)F)c1. The van der Waals surface area contributed by atoms with Gasteiger partial charge in [0, 0.05) is 18.5 Å². The summed E-state index contributed by atoms with van der Waals surface area (Å²) >= 11 is 0. The number of carboxylic acid groups (broad SMARTS) is 1. The molecule has 0 atom stereocenters. The third kappa shape index (κ3) is 5.06. The number of carboxylic acids is 1. The first kappa shape index (κ1) is 19.0. The number of halogens is 3. The van der Waals surface area contributed by atoms with Crippen LogP contribution >= 0.6 is 0 Å². The topological polar surface area (TPSA) is 49.3 Å². The molecule has 0 heterocycles. The van der Waals surface area contributed by atoms with Gasteiger partial charge in [0.05, 0.1) is 11.1 Å². The van der Waals surface area contributed by atoms with Crippen molar-refractivity contribution >= 4 is 5.97 Å². The number of alkyl halides is 3. The first-order chi connectivity index (χ1) is 11.6. The minimum Gasteiger partial charge on any atom is -0.478 e. The lowest BCUT2D eigenvalue weighted by atomic mass is 9.83. The molecule has 0 aromatic heterocycles. The van der Waals surface area contributed by atoms with Crippen LogP contribution in [0.5, 0.6) is 0 Å². The monoisotopic (exact) mass is 351 g/mol. The number of carbonyl (C=O) groups is 1. The largest absolute Gasteiger partial charge is 0.478 e. The van der Waals surface area contributed by atoms with Crippen LogP contribution < -0.4 is 5.32 Å². The Hall–Kier alpha value is -2.34. The van der Waals surface area contributed by atoms with E-state index in [4.69, 9.17) is 5.11 Å². The number of nitrogens with one attached hydrogen (secondary N) is 1. The van der Waals surface area contributed by atoms with Crippen molar-refractivity contribution < 1.29 is 23.1 Å². The molecule has 25 heavy (non-hydrogen) atoms. The first-order valence-electron chi connectivity index (χ1n) is 7.80. The van der Waals surface area contributed by atoms with Crippen LogP contribution in [0.25, 0.3) is 0 Å². The van der Waals surface area contributed by atoms with Crippen molar-refractivity contribution in [1.82, 2.24) is 5.32 Å². The Labute approximate surface area is 144 Å². The van der Waals surface area contributed by atoms with Gasteiger partial charge < -0.3 is 10.4 Å². The van der Waals surface area contributed by atoms with Crippen molar-refractivity contribution in [2.75, 3.05) is 6.54 Å². The van der Waals surface area contributed by atoms with Crippen molar-refractivity contribution in [2.24, 2.45) is 0 Å². The van der Waals surface area contributed by atoms with Crippen LogP contribution in [0, 0.1) is 0 Å². The van der Waals surface area contributed by atoms with Gasteiger partial charge in [-0.1, -0.05) is 44.2 Å². The van der Waals surface area contributed by atoms with Gasteiger partial charge >= 0.3 is 12.1 Å². The molecule has 2 aromatic rings. The average molecular weight is 351 g/mol. The molecular weight excluding hydrogens is 331 g/mol. The molecule has 0 amide bonds. The van der Waals surface area contributed by atoms with E-state index in [1.54, 1.807) is 18.2 Å². The zero-order valence-corrected chi connectivity index (χ0v) is 14.0. The lowest BCUT2D eigenvalue weighted by Gasteiger charge is -2.26. The fourth-order valence-electron chi connectivity index (χ4n) is 2.50. The molecule has 2 aromatic carbocycles. The van der Waals surface area contributed by atoms with Crippen LogP contribution in [0.3, 0.4) is 0 Å². The van der Waals surface area contributed by atoms with Crippen molar-refractivity contribution in [3.63, 3.8) is 0 Å². The van der Waals surface area contributed by atoms with Gasteiger partial charge in [-0.05, 0) is 29.3 Å². The van der Waals surface area contributed by atoms with E-state index in [0.717, 1.165) is 11.6 Å². The van der Waals surface area contributed by atoms with Crippen molar-refractivity contribution in [3.05, 3.63) is 70.8 Å². The summed E-state index contributed by atoms with van der Waals surface area (Å²) in [5.74, 6) is -0.981. The smallest absolute Gasteiger partial charge is 0.416 e. The Balaban J connectivity index is 2.00. The molecule has 0 aliphatic heterocycles. The summed E-state index contributed by atoms with van der Waals surface area (Å²) in [6, 6.07) is 11.8. The van der Waals surface area contributed by atoms with Crippen LogP contribution in [0.4, 0.5) is 13.2 Å². The predicted octanol–water partition coefficient (Wildman–Crippen LogP) is 4.47. The Bertz CT molecular complexity index is 737. The molecule has 2 N–H and O–H groups in total. The number of aromatic carboxylic acids is 1. The van der Waals surface area contributed by atoms with E-state index in [2.05, 4.69) is 5.32 Å². The van der Waals surface area contributed by atoms with Gasteiger partial charge in [0.25, 0.3) is 0 Å². The van der Waals surface area contributed by atoms with Gasteiger partial charge in [-0.25, -0.2) is 4.79 Å². The fourth-order valence-corrected chi connectivity index (χ4v) is 2.50. The van der Waals surface area contributed by atoms with Crippen molar-refractivity contribution in [1.29, 1.82) is 0 Å². The fraction of sp³-hybridized carbons (Fsp3) is 0.316. The second-order valence-corrected chi connectivity index (χ2v) is 6.57. The molecule has 6 heteroatoms. The first-order valence-corrected chi connectivity index (χ1v) is 7.80. The minimum atomic E-state index is -4.36. The standard InChI is InChI=1S/C19H20F3NO2/c1-18(2,15-4-3-5-16(10-15)19(20,21)22)12-23-11-13-6-8-14(9-7-13)17(24)25/h3-10,23H,11-12H2,1-2H3,(H,24,25). The normalized spacial score (nSPS) is 12.2. The summed E-state index contributed by atoms with van der Waals surface area (Å²) in [4.78, 5) is 10.8. The van der Waals surface area contributed by atoms with E-state index >= 15 is 0 Å². The summed E-state index contributed by atoms with van der Waals surface area (Å²) < 4.78 is 38.6. The highest BCUT2D eigenvalue weighted by Crippen LogP contribution is 2.32. The minimum absolute atomic E-state index is 0.216. The van der Waals surface area contributed by atoms with Gasteiger partial charge in [-0.2, -0.15) is 13.2 Å². The molecule has 0 fully saturated rings. The van der Waals surface area contributed by atoms with Crippen LogP contribution in [0.2, 0.25) is 0 Å². The summed E-state index contributed by atoms with van der Waals surface area (Å²) in [7, 11) is 0. The molecule has 0 unspecified atom stereocenters. The molecule has 0 saturated carbocycles. The molecule has 134 valence electrons. The highest BCUT2D eigenvalue weighted by molar-refractivity contribution is 5.87. The Morgan fingerprint density at radius 3 is 2.20 bits per heavy atom. The molecule has 2 rings (SSSR count). The van der Waals surface area contributed by atoms with E-state index in [0.29, 0.717) is 18.7 Å². The third-order valence-corrected chi connectivity index (χ3v) is 4.07. The zero-order valence-electron chi connectivity index (χ0n) is 14.0. The highest BCUT2D eigenvalue weighted by Gasteiger charge is 2.32. The maximum atomic E-state index is 12.9. The zero-order chi connectivity index (χ0) is 18.7. The van der Waals surface area contributed by atoms with Gasteiger partial charge in [-0.3, -0.25) is 0 Å². The maximum Gasteiger partial charge on any atom is 0.416 e. The Morgan fingerprint density at radius 2 is 1.64 bits per heavy atom. The molecule has 0 aliphatic carbocycles. The predicted molar refractivity (Wildman–Crippen MR) is 89.6 cm³/mol. The van der Waals surface area contributed by atoms with Gasteiger partial charge in [-0.15, -0.1) is 0 Å². The molecule has 0 bridgehead atoms. The molecule has 0 saturated heterocycles. The number of rotatable bonds is 6. The average Bonchev–Trinajstić information content (AvgIpc) is 2.54. The van der Waals surface area contributed by atoms with Crippen LogP contribution in [-0.2, 0) is 18.1 Å². The number of hydrogen-bond donors (Lipinski definition) is 2. The van der Waals surface area contributed by atoms with E-state index in [9.17, 15) is 18.0 Å². The Morgan fingerprint density at radius 1 is 1.04 bits per heavy atom. The van der Waals surface area contributed by atoms with Crippen LogP contribution in [0.1, 0.15) is 40.9 Å². The van der Waals surface area contributed by atoms with Crippen LogP contribution in [-0.4, -0.2) is 17.6 Å². The molecule has 0 radical (unpaired) electrons. The van der Waals surface area contributed by atoms with E-state index in [-0.39, 0.29) is 5.56 Å². The van der Waals surface area contributed by atoms with Crippen LogP contribution in [0.15, 0.2) is 48.5 Å². The lowest BCUT2D eigenvalue weighted by molar-refractivity contribution is -0.137. The second-order valence-electron chi connectivity index (χ2n) is 6.57. The maximum absolute atomic E-state index is 12.9. The molecule has 3 nitrogen and oxygen atoms in total. The van der Waals surface area contributed by atoms with E-state index in [1.807, 2.05) is 13.8 Å². The van der Waals surface area contributed by atoms with Gasteiger partial charge in [0.15, 0.2) is 0 Å². The quantitative estimate of drug-likeness (QED) is 0.807. The molecular formula is C19H20F3NO2. The molecule has 0 aliphatic rings. The van der Waals surface area contributed by atoms with E-state index in [1.165, 1.54) is 24.3 Å². The number of hydrogen-bond acceptors (Lipinski definition) is 2. The lowest BCUT2D eigenvalue weighted by Crippen LogP contribution is -2.32. The van der Waals surface area contributed by atoms with Crippen molar-refractivity contribution in [3.8, 4) is 0 Å². The van der Waals surface area contributed by atoms with Gasteiger partial charge in [0.2, 0.25) is 0 Å².